The van der Waals surface area contributed by atoms with Crippen LogP contribution in [-0.4, -0.2) is 23.2 Å². The van der Waals surface area contributed by atoms with Crippen molar-refractivity contribution in [3.8, 4) is 0 Å². The Labute approximate surface area is 119 Å². The second kappa shape index (κ2) is 4.57. The van der Waals surface area contributed by atoms with E-state index in [1.807, 2.05) is 33.8 Å². The van der Waals surface area contributed by atoms with E-state index in [4.69, 9.17) is 9.31 Å². The molecule has 0 saturated carbocycles. The van der Waals surface area contributed by atoms with Crippen molar-refractivity contribution in [1.29, 1.82) is 0 Å². The van der Waals surface area contributed by atoms with Gasteiger partial charge in [-0.05, 0) is 47.0 Å². The van der Waals surface area contributed by atoms with Crippen molar-refractivity contribution < 1.29 is 14.2 Å². The predicted octanol–water partition coefficient (Wildman–Crippen LogP) is 2.51. The van der Waals surface area contributed by atoms with E-state index in [0.29, 0.717) is 11.1 Å². The van der Waals surface area contributed by atoms with Crippen LogP contribution in [0.2, 0.25) is 0 Å². The van der Waals surface area contributed by atoms with E-state index < -0.39 is 18.3 Å². The van der Waals surface area contributed by atoms with Crippen LogP contribution in [0.4, 0.5) is 5.69 Å². The van der Waals surface area contributed by atoms with Crippen LogP contribution in [-0.2, 0) is 9.31 Å². The van der Waals surface area contributed by atoms with E-state index in [9.17, 15) is 10.1 Å². The maximum atomic E-state index is 11.2. The Bertz CT molecular complexity index is 553. The highest BCUT2D eigenvalue weighted by molar-refractivity contribution is 6.62. The van der Waals surface area contributed by atoms with Crippen molar-refractivity contribution in [3.63, 3.8) is 0 Å². The maximum Gasteiger partial charge on any atom is 0.495 e. The molecule has 1 aliphatic heterocycles. The van der Waals surface area contributed by atoms with Crippen molar-refractivity contribution in [2.24, 2.45) is 0 Å². The van der Waals surface area contributed by atoms with Crippen molar-refractivity contribution in [1.82, 2.24) is 0 Å². The van der Waals surface area contributed by atoms with Crippen molar-refractivity contribution in [2.45, 2.75) is 52.7 Å². The number of aryl methyl sites for hydroxylation is 1. The third-order valence-electron chi connectivity index (χ3n) is 4.36. The molecule has 1 aliphatic rings. The van der Waals surface area contributed by atoms with Crippen molar-refractivity contribution in [2.75, 3.05) is 0 Å². The summed E-state index contributed by atoms with van der Waals surface area (Å²) in [6, 6.07) is 3.59. The molecule has 0 N–H and O–H groups in total. The van der Waals surface area contributed by atoms with Gasteiger partial charge in [-0.3, -0.25) is 10.1 Å². The lowest BCUT2D eigenvalue weighted by Crippen LogP contribution is -2.41. The summed E-state index contributed by atoms with van der Waals surface area (Å²) in [6.07, 6.45) is 0. The third kappa shape index (κ3) is 2.23. The zero-order valence-corrected chi connectivity index (χ0v) is 12.8. The van der Waals surface area contributed by atoms with Crippen LogP contribution in [0.25, 0.3) is 0 Å². The summed E-state index contributed by atoms with van der Waals surface area (Å²) in [5.74, 6) is 0. The quantitative estimate of drug-likeness (QED) is 0.473. The van der Waals surface area contributed by atoms with Crippen LogP contribution in [0.15, 0.2) is 12.1 Å². The van der Waals surface area contributed by atoms with E-state index in [2.05, 4.69) is 0 Å². The Morgan fingerprint density at radius 2 is 1.60 bits per heavy atom. The SMILES string of the molecule is Cc1ccc(B2OC(C)(C)C(C)(C)O2)c(C)c1[N+](=O)[O-]. The Balaban J connectivity index is 2.46. The molecule has 5 nitrogen and oxygen atoms in total. The van der Waals surface area contributed by atoms with Gasteiger partial charge in [-0.25, -0.2) is 0 Å². The van der Waals surface area contributed by atoms with Gasteiger partial charge < -0.3 is 9.31 Å². The van der Waals surface area contributed by atoms with E-state index in [0.717, 1.165) is 5.46 Å². The number of nitro benzene ring substituents is 1. The molecule has 0 radical (unpaired) electrons. The molecule has 0 aromatic heterocycles. The number of hydrogen-bond donors (Lipinski definition) is 0. The normalized spacial score (nSPS) is 20.2. The number of hydrogen-bond acceptors (Lipinski definition) is 4. The minimum atomic E-state index is -0.570. The highest BCUT2D eigenvalue weighted by atomic mass is 16.7. The summed E-state index contributed by atoms with van der Waals surface area (Å²) in [5.41, 5.74) is 1.20. The molecule has 0 aliphatic carbocycles. The minimum Gasteiger partial charge on any atom is -0.399 e. The van der Waals surface area contributed by atoms with E-state index in [1.54, 1.807) is 19.9 Å². The summed E-state index contributed by atoms with van der Waals surface area (Å²) in [6.45, 7) is 11.3. The highest BCUT2D eigenvalue weighted by Crippen LogP contribution is 2.37. The summed E-state index contributed by atoms with van der Waals surface area (Å²) in [5, 5.41) is 11.2. The second-order valence-corrected chi connectivity index (χ2v) is 6.29. The fourth-order valence-corrected chi connectivity index (χ4v) is 2.36. The average molecular weight is 277 g/mol. The van der Waals surface area contributed by atoms with Gasteiger partial charge in [0, 0.05) is 11.1 Å². The van der Waals surface area contributed by atoms with Crippen LogP contribution in [0.3, 0.4) is 0 Å². The summed E-state index contributed by atoms with van der Waals surface area (Å²) in [7, 11) is -0.570. The first-order valence-corrected chi connectivity index (χ1v) is 6.67. The lowest BCUT2D eigenvalue weighted by atomic mass is 9.75. The molecule has 1 fully saturated rings. The predicted molar refractivity (Wildman–Crippen MR) is 78.3 cm³/mol. The van der Waals surface area contributed by atoms with Crippen molar-refractivity contribution in [3.05, 3.63) is 33.4 Å². The minimum absolute atomic E-state index is 0.136. The molecular formula is C14H20BNO4. The topological polar surface area (TPSA) is 61.6 Å². The summed E-state index contributed by atoms with van der Waals surface area (Å²) in [4.78, 5) is 10.8. The molecule has 1 aromatic carbocycles. The Hall–Kier alpha value is -1.40. The van der Waals surface area contributed by atoms with Gasteiger partial charge in [-0.1, -0.05) is 12.1 Å². The van der Waals surface area contributed by atoms with E-state index >= 15 is 0 Å². The van der Waals surface area contributed by atoms with Crippen LogP contribution < -0.4 is 5.46 Å². The molecule has 6 heteroatoms. The Morgan fingerprint density at radius 1 is 1.10 bits per heavy atom. The van der Waals surface area contributed by atoms with Gasteiger partial charge in [-0.15, -0.1) is 0 Å². The number of rotatable bonds is 2. The van der Waals surface area contributed by atoms with Gasteiger partial charge in [0.15, 0.2) is 0 Å². The van der Waals surface area contributed by atoms with Crippen LogP contribution >= 0.6 is 0 Å². The van der Waals surface area contributed by atoms with Crippen LogP contribution in [0.1, 0.15) is 38.8 Å². The molecule has 1 heterocycles. The molecule has 1 saturated heterocycles. The molecule has 20 heavy (non-hydrogen) atoms. The fourth-order valence-electron chi connectivity index (χ4n) is 2.36. The first kappa shape index (κ1) is 15.0. The first-order chi connectivity index (χ1) is 9.07. The van der Waals surface area contributed by atoms with Gasteiger partial charge in [0.25, 0.3) is 5.69 Å². The van der Waals surface area contributed by atoms with Crippen molar-refractivity contribution >= 4 is 18.3 Å². The smallest absolute Gasteiger partial charge is 0.399 e. The second-order valence-electron chi connectivity index (χ2n) is 6.29. The highest BCUT2D eigenvalue weighted by Gasteiger charge is 2.52. The number of benzene rings is 1. The molecule has 1 aromatic rings. The van der Waals surface area contributed by atoms with Gasteiger partial charge in [0.05, 0.1) is 16.1 Å². The van der Waals surface area contributed by atoms with Gasteiger partial charge in [0.2, 0.25) is 0 Å². The zero-order valence-electron chi connectivity index (χ0n) is 12.8. The monoisotopic (exact) mass is 277 g/mol. The van der Waals surface area contributed by atoms with E-state index in [-0.39, 0.29) is 10.6 Å². The molecular weight excluding hydrogens is 257 g/mol. The zero-order chi connectivity index (χ0) is 15.3. The molecule has 0 unspecified atom stereocenters. The van der Waals surface area contributed by atoms with Gasteiger partial charge in [-0.2, -0.15) is 0 Å². The molecule has 0 amide bonds. The Kier molecular flexibility index (Phi) is 3.43. The van der Waals surface area contributed by atoms with Crippen LogP contribution in [0.5, 0.6) is 0 Å². The molecule has 108 valence electrons. The fraction of sp³-hybridized carbons (Fsp3) is 0.571. The first-order valence-electron chi connectivity index (χ1n) is 6.67. The van der Waals surface area contributed by atoms with E-state index in [1.165, 1.54) is 0 Å². The van der Waals surface area contributed by atoms with Crippen LogP contribution in [0, 0.1) is 24.0 Å². The van der Waals surface area contributed by atoms with Gasteiger partial charge in [0.1, 0.15) is 0 Å². The lowest BCUT2D eigenvalue weighted by Gasteiger charge is -2.32. The Morgan fingerprint density at radius 3 is 2.05 bits per heavy atom. The largest absolute Gasteiger partial charge is 0.495 e. The van der Waals surface area contributed by atoms with Gasteiger partial charge >= 0.3 is 7.12 Å². The number of nitrogens with zero attached hydrogens (tertiary/aromatic N) is 1. The standard InChI is InChI=1S/C14H20BNO4/c1-9-7-8-11(10(2)12(9)16(17)18)15-19-13(3,4)14(5,6)20-15/h7-8H,1-6H3. The molecule has 2 rings (SSSR count). The summed E-state index contributed by atoms with van der Waals surface area (Å²) < 4.78 is 11.9. The molecule has 0 spiro atoms. The molecule has 0 atom stereocenters. The number of nitro groups is 1. The summed E-state index contributed by atoms with van der Waals surface area (Å²) >= 11 is 0. The average Bonchev–Trinajstić information content (AvgIpc) is 2.47. The maximum absolute atomic E-state index is 11.2. The molecule has 0 bridgehead atoms. The lowest BCUT2D eigenvalue weighted by molar-refractivity contribution is -0.385. The third-order valence-corrected chi connectivity index (χ3v) is 4.36.